The van der Waals surface area contributed by atoms with E-state index in [1.54, 1.807) is 21.0 Å². The van der Waals surface area contributed by atoms with Crippen LogP contribution in [0.2, 0.25) is 0 Å². The molecule has 0 aliphatic heterocycles. The number of rotatable bonds is 5. The standard InChI is InChI=1S/C9H17NO3/c1-7(8(12)6-11)4-5-9(13)10(2)3/h7,11H,4-6H2,1-3H3. The molecule has 4 nitrogen and oxygen atoms in total. The lowest BCUT2D eigenvalue weighted by atomic mass is 10.0. The minimum Gasteiger partial charge on any atom is -0.389 e. The van der Waals surface area contributed by atoms with E-state index in [2.05, 4.69) is 0 Å². The van der Waals surface area contributed by atoms with Crippen molar-refractivity contribution in [2.24, 2.45) is 5.92 Å². The summed E-state index contributed by atoms with van der Waals surface area (Å²) in [6.07, 6.45) is 0.871. The van der Waals surface area contributed by atoms with Crippen LogP contribution in [-0.2, 0) is 9.59 Å². The van der Waals surface area contributed by atoms with Crippen LogP contribution in [0.25, 0.3) is 0 Å². The minimum absolute atomic E-state index is 0.0117. The van der Waals surface area contributed by atoms with Gasteiger partial charge < -0.3 is 10.0 Å². The Bertz CT molecular complexity index is 189. The molecule has 1 amide bonds. The SMILES string of the molecule is CC(CCC(=O)N(C)C)C(=O)CO. The summed E-state index contributed by atoms with van der Waals surface area (Å²) in [5.41, 5.74) is 0. The van der Waals surface area contributed by atoms with E-state index in [4.69, 9.17) is 5.11 Å². The van der Waals surface area contributed by atoms with Crippen LogP contribution in [0.3, 0.4) is 0 Å². The topological polar surface area (TPSA) is 57.6 Å². The number of Topliss-reactive ketones (excluding diaryl/α,β-unsaturated/α-hetero) is 1. The second-order valence-electron chi connectivity index (χ2n) is 3.35. The first kappa shape index (κ1) is 12.1. The van der Waals surface area contributed by atoms with Crippen LogP contribution in [0.4, 0.5) is 0 Å². The average Bonchev–Trinajstić information content (AvgIpc) is 2.11. The third kappa shape index (κ3) is 4.62. The predicted molar refractivity (Wildman–Crippen MR) is 49.2 cm³/mol. The number of carbonyl (C=O) groups is 2. The molecule has 0 aromatic heterocycles. The first-order chi connectivity index (χ1) is 5.99. The van der Waals surface area contributed by atoms with E-state index < -0.39 is 6.61 Å². The molecule has 0 aromatic rings. The second kappa shape index (κ2) is 5.70. The van der Waals surface area contributed by atoms with Gasteiger partial charge in [-0.1, -0.05) is 6.92 Å². The van der Waals surface area contributed by atoms with Gasteiger partial charge in [0.05, 0.1) is 0 Å². The van der Waals surface area contributed by atoms with Gasteiger partial charge in [0.15, 0.2) is 5.78 Å². The summed E-state index contributed by atoms with van der Waals surface area (Å²) in [5.74, 6) is -0.418. The number of nitrogens with zero attached hydrogens (tertiary/aromatic N) is 1. The van der Waals surface area contributed by atoms with Crippen molar-refractivity contribution in [1.82, 2.24) is 4.90 Å². The fourth-order valence-electron chi connectivity index (χ4n) is 0.880. The van der Waals surface area contributed by atoms with Gasteiger partial charge in [-0.25, -0.2) is 0 Å². The Morgan fingerprint density at radius 1 is 1.38 bits per heavy atom. The van der Waals surface area contributed by atoms with Crippen LogP contribution in [0.1, 0.15) is 19.8 Å². The highest BCUT2D eigenvalue weighted by molar-refractivity contribution is 5.82. The van der Waals surface area contributed by atoms with E-state index in [1.807, 2.05) is 0 Å². The van der Waals surface area contributed by atoms with E-state index in [-0.39, 0.29) is 17.6 Å². The molecule has 0 aromatic carbocycles. The van der Waals surface area contributed by atoms with Crippen molar-refractivity contribution < 1.29 is 14.7 Å². The normalized spacial score (nSPS) is 12.3. The Morgan fingerprint density at radius 3 is 2.31 bits per heavy atom. The van der Waals surface area contributed by atoms with Crippen LogP contribution < -0.4 is 0 Å². The smallest absolute Gasteiger partial charge is 0.222 e. The largest absolute Gasteiger partial charge is 0.389 e. The molecule has 0 rings (SSSR count). The van der Waals surface area contributed by atoms with E-state index in [0.29, 0.717) is 12.8 Å². The Balaban J connectivity index is 3.76. The maximum atomic E-state index is 11.1. The first-order valence-electron chi connectivity index (χ1n) is 4.32. The maximum absolute atomic E-state index is 11.1. The van der Waals surface area contributed by atoms with Gasteiger partial charge in [-0.15, -0.1) is 0 Å². The number of hydrogen-bond acceptors (Lipinski definition) is 3. The highest BCUT2D eigenvalue weighted by Gasteiger charge is 2.13. The predicted octanol–water partition coefficient (Wildman–Crippen LogP) is 0.0523. The van der Waals surface area contributed by atoms with Gasteiger partial charge in [0, 0.05) is 26.4 Å². The zero-order valence-electron chi connectivity index (χ0n) is 8.41. The molecular weight excluding hydrogens is 170 g/mol. The number of ketones is 1. The van der Waals surface area contributed by atoms with Gasteiger partial charge in [0.25, 0.3) is 0 Å². The molecule has 0 bridgehead atoms. The fraction of sp³-hybridized carbons (Fsp3) is 0.778. The van der Waals surface area contributed by atoms with Crippen molar-refractivity contribution in [2.45, 2.75) is 19.8 Å². The number of aliphatic hydroxyl groups is 1. The molecule has 0 fully saturated rings. The van der Waals surface area contributed by atoms with Crippen LogP contribution in [0.15, 0.2) is 0 Å². The molecule has 0 saturated heterocycles. The van der Waals surface area contributed by atoms with Crippen LogP contribution in [-0.4, -0.2) is 42.4 Å². The van der Waals surface area contributed by atoms with Gasteiger partial charge >= 0.3 is 0 Å². The van der Waals surface area contributed by atoms with Crippen molar-refractivity contribution in [1.29, 1.82) is 0 Å². The highest BCUT2D eigenvalue weighted by Crippen LogP contribution is 2.07. The summed E-state index contributed by atoms with van der Waals surface area (Å²) in [5, 5.41) is 8.53. The molecule has 0 heterocycles. The molecule has 0 saturated carbocycles. The van der Waals surface area contributed by atoms with Crippen LogP contribution >= 0.6 is 0 Å². The number of amides is 1. The van der Waals surface area contributed by atoms with Gasteiger partial charge in [0.1, 0.15) is 6.61 Å². The van der Waals surface area contributed by atoms with E-state index in [1.165, 1.54) is 4.90 Å². The lowest BCUT2D eigenvalue weighted by Gasteiger charge is -2.12. The third-order valence-corrected chi connectivity index (χ3v) is 2.00. The Hall–Kier alpha value is -0.900. The van der Waals surface area contributed by atoms with Gasteiger partial charge in [-0.3, -0.25) is 9.59 Å². The van der Waals surface area contributed by atoms with E-state index in [9.17, 15) is 9.59 Å². The van der Waals surface area contributed by atoms with Crippen molar-refractivity contribution in [3.05, 3.63) is 0 Å². The highest BCUT2D eigenvalue weighted by atomic mass is 16.3. The quantitative estimate of drug-likeness (QED) is 0.661. The zero-order valence-corrected chi connectivity index (χ0v) is 8.41. The molecule has 0 spiro atoms. The zero-order chi connectivity index (χ0) is 10.4. The Labute approximate surface area is 78.5 Å². The van der Waals surface area contributed by atoms with Gasteiger partial charge in [-0.2, -0.15) is 0 Å². The van der Waals surface area contributed by atoms with Crippen LogP contribution in [0, 0.1) is 5.92 Å². The van der Waals surface area contributed by atoms with Crippen molar-refractivity contribution in [3.63, 3.8) is 0 Å². The second-order valence-corrected chi connectivity index (χ2v) is 3.35. The van der Waals surface area contributed by atoms with Crippen LogP contribution in [0.5, 0.6) is 0 Å². The third-order valence-electron chi connectivity index (χ3n) is 2.00. The Morgan fingerprint density at radius 2 is 1.92 bits per heavy atom. The monoisotopic (exact) mass is 187 g/mol. The molecule has 0 aliphatic carbocycles. The summed E-state index contributed by atoms with van der Waals surface area (Å²) in [6, 6.07) is 0. The lowest BCUT2D eigenvalue weighted by molar-refractivity contribution is -0.129. The van der Waals surface area contributed by atoms with E-state index in [0.717, 1.165) is 0 Å². The fourth-order valence-corrected chi connectivity index (χ4v) is 0.880. The summed E-state index contributed by atoms with van der Waals surface area (Å²) in [7, 11) is 3.36. The summed E-state index contributed by atoms with van der Waals surface area (Å²) < 4.78 is 0. The molecule has 0 aliphatic rings. The number of carbonyl (C=O) groups excluding carboxylic acids is 2. The molecule has 76 valence electrons. The van der Waals surface area contributed by atoms with Gasteiger partial charge in [0.2, 0.25) is 5.91 Å². The summed E-state index contributed by atoms with van der Waals surface area (Å²) in [6.45, 7) is 1.29. The molecule has 0 radical (unpaired) electrons. The summed E-state index contributed by atoms with van der Waals surface area (Å²) >= 11 is 0. The molecule has 4 heteroatoms. The molecule has 1 N–H and O–H groups in total. The molecule has 1 unspecified atom stereocenters. The lowest BCUT2D eigenvalue weighted by Crippen LogP contribution is -2.23. The minimum atomic E-state index is -0.433. The Kier molecular flexibility index (Phi) is 5.30. The van der Waals surface area contributed by atoms with Crippen molar-refractivity contribution >= 4 is 11.7 Å². The van der Waals surface area contributed by atoms with Crippen molar-refractivity contribution in [2.75, 3.05) is 20.7 Å². The average molecular weight is 187 g/mol. The first-order valence-corrected chi connectivity index (χ1v) is 4.32. The molecule has 13 heavy (non-hydrogen) atoms. The van der Waals surface area contributed by atoms with E-state index >= 15 is 0 Å². The summed E-state index contributed by atoms with van der Waals surface area (Å²) in [4.78, 5) is 23.5. The maximum Gasteiger partial charge on any atom is 0.222 e. The molecular formula is C9H17NO3. The molecule has 1 atom stereocenters. The van der Waals surface area contributed by atoms with Gasteiger partial charge in [-0.05, 0) is 6.42 Å². The number of aliphatic hydroxyl groups excluding tert-OH is 1. The van der Waals surface area contributed by atoms with Crippen molar-refractivity contribution in [3.8, 4) is 0 Å². The number of hydrogen-bond donors (Lipinski definition) is 1.